The molecule has 1 heterocycles. The van der Waals surface area contributed by atoms with Crippen LogP contribution in [0.15, 0.2) is 48.5 Å². The SMILES string of the molecule is O=C(c1ccc(Cl)cc1)N1CC(=O)N(C2CC2)c2ccccc21. The third kappa shape index (κ3) is 2.49. The first-order valence-corrected chi connectivity index (χ1v) is 8.01. The highest BCUT2D eigenvalue weighted by atomic mass is 35.5. The third-order valence-corrected chi connectivity index (χ3v) is 4.49. The van der Waals surface area contributed by atoms with Crippen LogP contribution in [0.2, 0.25) is 5.02 Å². The van der Waals surface area contributed by atoms with E-state index in [1.807, 2.05) is 29.2 Å². The molecule has 5 heteroatoms. The van der Waals surface area contributed by atoms with E-state index in [1.165, 1.54) is 0 Å². The molecule has 1 fully saturated rings. The van der Waals surface area contributed by atoms with Crippen LogP contribution < -0.4 is 9.80 Å². The average molecular weight is 327 g/mol. The van der Waals surface area contributed by atoms with E-state index in [0.29, 0.717) is 10.6 Å². The second-order valence-corrected chi connectivity index (χ2v) is 6.32. The molecule has 2 aromatic carbocycles. The zero-order chi connectivity index (χ0) is 16.0. The Bertz CT molecular complexity index is 784. The Kier molecular flexibility index (Phi) is 3.34. The van der Waals surface area contributed by atoms with Gasteiger partial charge in [-0.2, -0.15) is 0 Å². The summed E-state index contributed by atoms with van der Waals surface area (Å²) in [7, 11) is 0. The Labute approximate surface area is 139 Å². The van der Waals surface area contributed by atoms with E-state index in [-0.39, 0.29) is 24.4 Å². The molecule has 23 heavy (non-hydrogen) atoms. The number of anilines is 2. The number of carbonyl (C=O) groups excluding carboxylic acids is 2. The Morgan fingerprint density at radius 1 is 1.00 bits per heavy atom. The van der Waals surface area contributed by atoms with Gasteiger partial charge in [0.05, 0.1) is 11.4 Å². The zero-order valence-electron chi connectivity index (χ0n) is 12.4. The summed E-state index contributed by atoms with van der Waals surface area (Å²) >= 11 is 5.88. The van der Waals surface area contributed by atoms with Gasteiger partial charge in [-0.05, 0) is 49.2 Å². The Morgan fingerprint density at radius 2 is 1.65 bits per heavy atom. The summed E-state index contributed by atoms with van der Waals surface area (Å²) in [6.45, 7) is 0.0783. The summed E-state index contributed by atoms with van der Waals surface area (Å²) in [5.74, 6) is -0.202. The number of fused-ring (bicyclic) bond motifs is 1. The van der Waals surface area contributed by atoms with Gasteiger partial charge >= 0.3 is 0 Å². The standard InChI is InChI=1S/C18H15ClN2O2/c19-13-7-5-12(6-8-13)18(23)20-11-17(22)21(14-9-10-14)16-4-2-1-3-15(16)20/h1-8,14H,9-11H2. The molecular formula is C18H15ClN2O2. The van der Waals surface area contributed by atoms with Crippen molar-refractivity contribution in [3.63, 3.8) is 0 Å². The van der Waals surface area contributed by atoms with Crippen LogP contribution in [0.5, 0.6) is 0 Å². The van der Waals surface area contributed by atoms with Gasteiger partial charge in [0.1, 0.15) is 6.54 Å². The number of benzene rings is 2. The topological polar surface area (TPSA) is 40.6 Å². The molecule has 4 nitrogen and oxygen atoms in total. The van der Waals surface area contributed by atoms with Crippen LogP contribution >= 0.6 is 11.6 Å². The van der Waals surface area contributed by atoms with E-state index < -0.39 is 0 Å². The van der Waals surface area contributed by atoms with Crippen molar-refractivity contribution in [3.8, 4) is 0 Å². The smallest absolute Gasteiger partial charge is 0.258 e. The minimum atomic E-state index is -0.182. The van der Waals surface area contributed by atoms with E-state index in [2.05, 4.69) is 0 Å². The first-order chi connectivity index (χ1) is 11.1. The zero-order valence-corrected chi connectivity index (χ0v) is 13.2. The normalized spacial score (nSPS) is 17.2. The first-order valence-electron chi connectivity index (χ1n) is 7.63. The van der Waals surface area contributed by atoms with E-state index in [0.717, 1.165) is 24.2 Å². The van der Waals surface area contributed by atoms with Crippen LogP contribution in [0.3, 0.4) is 0 Å². The summed E-state index contributed by atoms with van der Waals surface area (Å²) in [5, 5.41) is 0.580. The lowest BCUT2D eigenvalue weighted by Gasteiger charge is -2.36. The van der Waals surface area contributed by atoms with Gasteiger partial charge in [-0.25, -0.2) is 0 Å². The van der Waals surface area contributed by atoms with Crippen molar-refractivity contribution in [2.75, 3.05) is 16.3 Å². The molecule has 4 rings (SSSR count). The molecule has 0 spiro atoms. The Balaban J connectivity index is 1.74. The lowest BCUT2D eigenvalue weighted by atomic mass is 10.1. The van der Waals surface area contributed by atoms with Gasteiger partial charge in [0, 0.05) is 16.6 Å². The lowest BCUT2D eigenvalue weighted by Crippen LogP contribution is -2.49. The van der Waals surface area contributed by atoms with Crippen LogP contribution in [0.1, 0.15) is 23.2 Å². The van der Waals surface area contributed by atoms with E-state index in [4.69, 9.17) is 11.6 Å². The van der Waals surface area contributed by atoms with E-state index >= 15 is 0 Å². The van der Waals surface area contributed by atoms with E-state index in [9.17, 15) is 9.59 Å². The summed E-state index contributed by atoms with van der Waals surface area (Å²) in [4.78, 5) is 28.8. The molecule has 0 radical (unpaired) electrons. The highest BCUT2D eigenvalue weighted by Gasteiger charge is 2.40. The molecule has 0 atom stereocenters. The minimum absolute atomic E-state index is 0.0199. The van der Waals surface area contributed by atoms with Crippen LogP contribution in [-0.2, 0) is 4.79 Å². The van der Waals surface area contributed by atoms with Gasteiger partial charge in [0.25, 0.3) is 5.91 Å². The largest absolute Gasteiger partial charge is 0.306 e. The second-order valence-electron chi connectivity index (χ2n) is 5.88. The van der Waals surface area contributed by atoms with Crippen molar-refractivity contribution in [1.82, 2.24) is 0 Å². The van der Waals surface area contributed by atoms with Crippen molar-refractivity contribution in [1.29, 1.82) is 0 Å². The predicted molar refractivity (Wildman–Crippen MR) is 90.1 cm³/mol. The van der Waals surface area contributed by atoms with Crippen LogP contribution in [-0.4, -0.2) is 24.4 Å². The molecular weight excluding hydrogens is 312 g/mol. The van der Waals surface area contributed by atoms with Gasteiger partial charge in [-0.3, -0.25) is 14.5 Å². The molecule has 0 bridgehead atoms. The first kappa shape index (κ1) is 14.3. The predicted octanol–water partition coefficient (Wildman–Crippen LogP) is 3.50. The summed E-state index contributed by atoms with van der Waals surface area (Å²) < 4.78 is 0. The highest BCUT2D eigenvalue weighted by Crippen LogP contribution is 2.40. The number of hydrogen-bond donors (Lipinski definition) is 0. The number of halogens is 1. The summed E-state index contributed by atoms with van der Waals surface area (Å²) in [6, 6.07) is 14.6. The Hall–Kier alpha value is -2.33. The minimum Gasteiger partial charge on any atom is -0.306 e. The van der Waals surface area contributed by atoms with Crippen molar-refractivity contribution in [2.45, 2.75) is 18.9 Å². The maximum atomic E-state index is 12.8. The van der Waals surface area contributed by atoms with Crippen LogP contribution in [0, 0.1) is 0 Å². The Morgan fingerprint density at radius 3 is 2.30 bits per heavy atom. The van der Waals surface area contributed by atoms with Gasteiger partial charge in [0.2, 0.25) is 5.91 Å². The summed E-state index contributed by atoms with van der Waals surface area (Å²) in [5.41, 5.74) is 2.14. The van der Waals surface area contributed by atoms with Gasteiger partial charge in [-0.1, -0.05) is 23.7 Å². The van der Waals surface area contributed by atoms with Crippen molar-refractivity contribution in [2.24, 2.45) is 0 Å². The van der Waals surface area contributed by atoms with Crippen molar-refractivity contribution < 1.29 is 9.59 Å². The maximum Gasteiger partial charge on any atom is 0.258 e. The number of rotatable bonds is 2. The average Bonchev–Trinajstić information content (AvgIpc) is 3.39. The monoisotopic (exact) mass is 326 g/mol. The maximum absolute atomic E-state index is 12.8. The van der Waals surface area contributed by atoms with Gasteiger partial charge in [-0.15, -0.1) is 0 Å². The lowest BCUT2D eigenvalue weighted by molar-refractivity contribution is -0.117. The van der Waals surface area contributed by atoms with Gasteiger partial charge < -0.3 is 4.90 Å². The molecule has 2 aromatic rings. The second kappa shape index (κ2) is 5.39. The fourth-order valence-electron chi connectivity index (χ4n) is 2.99. The summed E-state index contributed by atoms with van der Waals surface area (Å²) in [6.07, 6.45) is 2.07. The molecule has 2 amide bonds. The molecule has 116 valence electrons. The molecule has 0 saturated heterocycles. The molecule has 1 aliphatic carbocycles. The van der Waals surface area contributed by atoms with Gasteiger partial charge in [0.15, 0.2) is 0 Å². The molecule has 0 aromatic heterocycles. The van der Waals surface area contributed by atoms with Crippen LogP contribution in [0.25, 0.3) is 0 Å². The molecule has 0 unspecified atom stereocenters. The van der Waals surface area contributed by atoms with E-state index in [1.54, 1.807) is 29.2 Å². The fraction of sp³-hybridized carbons (Fsp3) is 0.222. The fourth-order valence-corrected chi connectivity index (χ4v) is 3.12. The highest BCUT2D eigenvalue weighted by molar-refractivity contribution is 6.30. The quantitative estimate of drug-likeness (QED) is 0.847. The number of para-hydroxylation sites is 2. The molecule has 1 saturated carbocycles. The molecule has 1 aliphatic heterocycles. The number of carbonyl (C=O) groups is 2. The molecule has 0 N–H and O–H groups in total. The number of amides is 2. The van der Waals surface area contributed by atoms with Crippen molar-refractivity contribution in [3.05, 3.63) is 59.1 Å². The van der Waals surface area contributed by atoms with Crippen LogP contribution in [0.4, 0.5) is 11.4 Å². The third-order valence-electron chi connectivity index (χ3n) is 4.24. The van der Waals surface area contributed by atoms with Crippen molar-refractivity contribution >= 4 is 34.8 Å². The number of hydrogen-bond acceptors (Lipinski definition) is 2. The molecule has 2 aliphatic rings. The number of nitrogens with zero attached hydrogens (tertiary/aromatic N) is 2.